The molecule has 0 aliphatic carbocycles. The first-order chi connectivity index (χ1) is 15.5. The fourth-order valence-electron chi connectivity index (χ4n) is 4.69. The number of esters is 1. The van der Waals surface area contributed by atoms with E-state index in [1.54, 1.807) is 12.1 Å². The predicted molar refractivity (Wildman–Crippen MR) is 123 cm³/mol. The first-order valence-electron chi connectivity index (χ1n) is 11.2. The molecular weight excluding hydrogens is 405 g/mol. The summed E-state index contributed by atoms with van der Waals surface area (Å²) in [4.78, 5) is 24.1. The molecular formula is C27H28FNO3. The number of ether oxygens (including phenoxy) is 1. The van der Waals surface area contributed by atoms with Crippen molar-refractivity contribution >= 4 is 12.3 Å². The predicted octanol–water partition coefficient (Wildman–Crippen LogP) is 6.38. The topological polar surface area (TPSA) is 48.3 Å². The summed E-state index contributed by atoms with van der Waals surface area (Å²) in [7, 11) is 0. The maximum atomic E-state index is 13.7. The molecule has 0 N–H and O–H groups in total. The van der Waals surface area contributed by atoms with E-state index >= 15 is 0 Å². The molecule has 32 heavy (non-hydrogen) atoms. The van der Waals surface area contributed by atoms with Gasteiger partial charge in [-0.1, -0.05) is 44.2 Å². The van der Waals surface area contributed by atoms with Crippen LogP contribution in [-0.4, -0.2) is 22.9 Å². The second kappa shape index (κ2) is 9.51. The molecule has 5 heteroatoms. The van der Waals surface area contributed by atoms with Crippen molar-refractivity contribution in [3.05, 3.63) is 71.7 Å². The van der Waals surface area contributed by atoms with E-state index in [0.29, 0.717) is 24.9 Å². The van der Waals surface area contributed by atoms with E-state index < -0.39 is 0 Å². The van der Waals surface area contributed by atoms with Gasteiger partial charge in [0.1, 0.15) is 11.9 Å². The van der Waals surface area contributed by atoms with Crippen LogP contribution in [0.25, 0.3) is 22.4 Å². The Labute approximate surface area is 188 Å². The lowest BCUT2D eigenvalue weighted by Gasteiger charge is -2.24. The smallest absolute Gasteiger partial charge is 0.306 e. The van der Waals surface area contributed by atoms with Crippen molar-refractivity contribution in [2.45, 2.75) is 58.1 Å². The van der Waals surface area contributed by atoms with Gasteiger partial charge < -0.3 is 9.30 Å². The van der Waals surface area contributed by atoms with Crippen LogP contribution in [0.5, 0.6) is 0 Å². The van der Waals surface area contributed by atoms with Gasteiger partial charge in [-0.2, -0.15) is 0 Å². The second-order valence-electron chi connectivity index (χ2n) is 8.61. The van der Waals surface area contributed by atoms with Gasteiger partial charge in [-0.25, -0.2) is 4.39 Å². The first-order valence-corrected chi connectivity index (χ1v) is 11.2. The lowest BCUT2D eigenvalue weighted by atomic mass is 9.96. The largest absolute Gasteiger partial charge is 0.462 e. The number of carbonyl (C=O) groups is 2. The molecule has 0 radical (unpaired) electrons. The SMILES string of the molecule is CC(C)c1c(C=O)c(-c2ccccc2)c(-c2ccc(F)cc2)n1CC[C@@H]1CCCC(=O)O1. The highest BCUT2D eigenvalue weighted by molar-refractivity contribution is 5.97. The molecule has 0 bridgehead atoms. The Hall–Kier alpha value is -3.21. The normalized spacial score (nSPS) is 16.2. The zero-order valence-electron chi connectivity index (χ0n) is 18.5. The van der Waals surface area contributed by atoms with Gasteiger partial charge in [0, 0.05) is 36.2 Å². The van der Waals surface area contributed by atoms with E-state index in [9.17, 15) is 14.0 Å². The Bertz CT molecular complexity index is 1100. The number of hydrogen-bond donors (Lipinski definition) is 0. The fraction of sp³-hybridized carbons (Fsp3) is 0.333. The fourth-order valence-corrected chi connectivity index (χ4v) is 4.69. The maximum absolute atomic E-state index is 13.7. The van der Waals surface area contributed by atoms with Gasteiger partial charge in [0.15, 0.2) is 6.29 Å². The number of nitrogens with zero attached hydrogens (tertiary/aromatic N) is 1. The minimum Gasteiger partial charge on any atom is -0.462 e. The van der Waals surface area contributed by atoms with E-state index in [0.717, 1.165) is 47.2 Å². The zero-order valence-corrected chi connectivity index (χ0v) is 18.5. The van der Waals surface area contributed by atoms with Gasteiger partial charge in [-0.15, -0.1) is 0 Å². The molecule has 3 aromatic rings. The number of cyclic esters (lactones) is 1. The number of carbonyl (C=O) groups excluding carboxylic acids is 2. The maximum Gasteiger partial charge on any atom is 0.306 e. The molecule has 166 valence electrons. The third kappa shape index (κ3) is 4.38. The van der Waals surface area contributed by atoms with Crippen molar-refractivity contribution in [1.29, 1.82) is 0 Å². The van der Waals surface area contributed by atoms with Crippen LogP contribution in [0, 0.1) is 5.82 Å². The third-order valence-electron chi connectivity index (χ3n) is 6.07. The number of hydrogen-bond acceptors (Lipinski definition) is 3. The number of rotatable bonds is 7. The Morgan fingerprint density at radius 2 is 1.81 bits per heavy atom. The van der Waals surface area contributed by atoms with Crippen molar-refractivity contribution < 1.29 is 18.7 Å². The van der Waals surface area contributed by atoms with Crippen LogP contribution < -0.4 is 0 Å². The van der Waals surface area contributed by atoms with Crippen LogP contribution in [0.15, 0.2) is 54.6 Å². The molecule has 1 aliphatic heterocycles. The summed E-state index contributed by atoms with van der Waals surface area (Å²) in [5.41, 5.74) is 5.15. The zero-order chi connectivity index (χ0) is 22.7. The van der Waals surface area contributed by atoms with Crippen LogP contribution in [0.3, 0.4) is 0 Å². The molecule has 2 aromatic carbocycles. The number of benzene rings is 2. The number of aldehydes is 1. The Balaban J connectivity index is 1.89. The van der Waals surface area contributed by atoms with Gasteiger partial charge in [-0.05, 0) is 54.2 Å². The highest BCUT2D eigenvalue weighted by Gasteiger charge is 2.27. The molecule has 4 nitrogen and oxygen atoms in total. The van der Waals surface area contributed by atoms with Crippen LogP contribution >= 0.6 is 0 Å². The van der Waals surface area contributed by atoms with Crippen molar-refractivity contribution in [3.63, 3.8) is 0 Å². The monoisotopic (exact) mass is 433 g/mol. The average molecular weight is 434 g/mol. The Morgan fingerprint density at radius 1 is 1.09 bits per heavy atom. The van der Waals surface area contributed by atoms with Gasteiger partial charge in [0.25, 0.3) is 0 Å². The summed E-state index contributed by atoms with van der Waals surface area (Å²) in [6.07, 6.45) is 3.64. The molecule has 4 rings (SSSR count). The van der Waals surface area contributed by atoms with E-state index in [1.165, 1.54) is 12.1 Å². The van der Waals surface area contributed by atoms with E-state index in [-0.39, 0.29) is 23.8 Å². The number of aromatic nitrogens is 1. The van der Waals surface area contributed by atoms with Crippen LogP contribution in [0.4, 0.5) is 4.39 Å². The summed E-state index contributed by atoms with van der Waals surface area (Å²) < 4.78 is 21.4. The van der Waals surface area contributed by atoms with Crippen molar-refractivity contribution in [2.75, 3.05) is 0 Å². The standard InChI is InChI=1S/C27H28FNO3/c1-18(2)26-23(17-30)25(19-7-4-3-5-8-19)27(20-11-13-21(28)14-12-20)29(26)16-15-22-9-6-10-24(31)32-22/h3-5,7-8,11-14,17-18,22H,6,9-10,15-16H2,1-2H3/t22-/m0/s1. The Morgan fingerprint density at radius 3 is 2.44 bits per heavy atom. The molecule has 2 heterocycles. The molecule has 1 atom stereocenters. The third-order valence-corrected chi connectivity index (χ3v) is 6.07. The molecule has 1 fully saturated rings. The lowest BCUT2D eigenvalue weighted by molar-refractivity contribution is -0.154. The summed E-state index contributed by atoms with van der Waals surface area (Å²) >= 11 is 0. The van der Waals surface area contributed by atoms with E-state index in [1.807, 2.05) is 30.3 Å². The minimum absolute atomic E-state index is 0.0979. The van der Waals surface area contributed by atoms with Gasteiger partial charge in [0.05, 0.1) is 5.69 Å². The second-order valence-corrected chi connectivity index (χ2v) is 8.61. The average Bonchev–Trinajstić information content (AvgIpc) is 3.13. The summed E-state index contributed by atoms with van der Waals surface area (Å²) in [5.74, 6) is -0.349. The quantitative estimate of drug-likeness (QED) is 0.321. The van der Waals surface area contributed by atoms with Gasteiger partial charge >= 0.3 is 5.97 Å². The first kappa shape index (κ1) is 22.0. The van der Waals surface area contributed by atoms with Crippen LogP contribution in [0.2, 0.25) is 0 Å². The molecule has 1 saturated heterocycles. The van der Waals surface area contributed by atoms with E-state index in [4.69, 9.17) is 4.74 Å². The lowest BCUT2D eigenvalue weighted by Crippen LogP contribution is -2.25. The van der Waals surface area contributed by atoms with Crippen LogP contribution in [-0.2, 0) is 16.1 Å². The van der Waals surface area contributed by atoms with Crippen LogP contribution in [0.1, 0.15) is 61.5 Å². The molecule has 0 spiro atoms. The highest BCUT2D eigenvalue weighted by atomic mass is 19.1. The summed E-state index contributed by atoms with van der Waals surface area (Å²) in [5, 5.41) is 0. The summed E-state index contributed by atoms with van der Waals surface area (Å²) in [6.45, 7) is 4.75. The molecule has 1 aromatic heterocycles. The highest BCUT2D eigenvalue weighted by Crippen LogP contribution is 2.41. The Kier molecular flexibility index (Phi) is 6.54. The van der Waals surface area contributed by atoms with Crippen molar-refractivity contribution in [1.82, 2.24) is 4.57 Å². The van der Waals surface area contributed by atoms with Gasteiger partial charge in [0.2, 0.25) is 0 Å². The van der Waals surface area contributed by atoms with E-state index in [2.05, 4.69) is 18.4 Å². The summed E-state index contributed by atoms with van der Waals surface area (Å²) in [6, 6.07) is 16.2. The molecule has 0 saturated carbocycles. The minimum atomic E-state index is -0.304. The molecule has 1 aliphatic rings. The number of halogens is 1. The van der Waals surface area contributed by atoms with Crippen molar-refractivity contribution in [2.24, 2.45) is 0 Å². The van der Waals surface area contributed by atoms with Gasteiger partial charge in [-0.3, -0.25) is 9.59 Å². The molecule has 0 unspecified atom stereocenters. The van der Waals surface area contributed by atoms with Crippen molar-refractivity contribution in [3.8, 4) is 22.4 Å². The molecule has 0 amide bonds.